The fourth-order valence-corrected chi connectivity index (χ4v) is 9.65. The van der Waals surface area contributed by atoms with Gasteiger partial charge in [-0.15, -0.1) is 0 Å². The maximum atomic E-state index is 12.8. The molecule has 0 heterocycles. The molecule has 0 aromatic heterocycles. The van der Waals surface area contributed by atoms with Gasteiger partial charge < -0.3 is 20.1 Å². The van der Waals surface area contributed by atoms with Crippen molar-refractivity contribution >= 4 is 23.8 Å². The molecule has 230 valence electrons. The Morgan fingerprint density at radius 3 is 2.31 bits per heavy atom. The van der Waals surface area contributed by atoms with Crippen molar-refractivity contribution in [2.45, 2.75) is 97.7 Å². The quantitative estimate of drug-likeness (QED) is 0.389. The summed E-state index contributed by atoms with van der Waals surface area (Å²) in [6, 6.07) is 9.27. The second-order valence-corrected chi connectivity index (χ2v) is 14.3. The number of esters is 1. The minimum Gasteiger partial charge on any atom is -0.458 e. The van der Waals surface area contributed by atoms with E-state index < -0.39 is 23.6 Å². The van der Waals surface area contributed by atoms with Gasteiger partial charge in [0.05, 0.1) is 0 Å². The number of hydrogen-bond donors (Lipinski definition) is 2. The first kappa shape index (κ1) is 30.6. The zero-order valence-electron chi connectivity index (χ0n) is 25.7. The summed E-state index contributed by atoms with van der Waals surface area (Å²) in [7, 11) is 0. The monoisotopic (exact) mass is 580 g/mol. The Balaban J connectivity index is 1.07. The van der Waals surface area contributed by atoms with Gasteiger partial charge in [0.1, 0.15) is 31.1 Å². The number of nitrogens with one attached hydrogen (secondary N) is 2. The highest BCUT2D eigenvalue weighted by Gasteiger charge is 2.61. The molecule has 4 saturated carbocycles. The van der Waals surface area contributed by atoms with Crippen molar-refractivity contribution < 1.29 is 28.7 Å². The molecule has 4 fully saturated rings. The number of amides is 2. The smallest absolute Gasteiger partial charge is 0.407 e. The van der Waals surface area contributed by atoms with Crippen LogP contribution in [0.4, 0.5) is 4.79 Å². The van der Waals surface area contributed by atoms with Crippen LogP contribution >= 0.6 is 0 Å². The standard InChI is InChI=1S/C34H48N2O6/c1-22(37)26-12-13-27-25-11-10-24-18-32(2,16-17-33(24,3)28(25)14-15-34(26,27)4)42-30(39)20-35-29(38)19-36-31(40)41-21-23-8-6-5-7-9-23/h5-9,24-28H,10-21H2,1-4H3,(H,35,38)(H,36,40)/t24-,25-,26+,27-,28-,32+,33-,34+/m0/s1. The highest BCUT2D eigenvalue weighted by molar-refractivity contribution is 5.85. The van der Waals surface area contributed by atoms with Gasteiger partial charge in [0, 0.05) is 5.92 Å². The molecule has 42 heavy (non-hydrogen) atoms. The van der Waals surface area contributed by atoms with E-state index in [9.17, 15) is 19.2 Å². The highest BCUT2D eigenvalue weighted by atomic mass is 16.6. The predicted octanol–water partition coefficient (Wildman–Crippen LogP) is 5.58. The predicted molar refractivity (Wildman–Crippen MR) is 158 cm³/mol. The summed E-state index contributed by atoms with van der Waals surface area (Å²) in [6.07, 6.45) is 8.94. The SMILES string of the molecule is CC(=O)[C@H]1CC[C@H]2[C@@H]3CC[C@H]4C[C@](C)(OC(=O)CNC(=O)CNC(=O)OCc5ccccc5)CC[C@]4(C)[C@H]3CC[C@]12C. The molecule has 0 radical (unpaired) electrons. The van der Waals surface area contributed by atoms with Crippen molar-refractivity contribution in [2.75, 3.05) is 13.1 Å². The van der Waals surface area contributed by atoms with E-state index in [0.29, 0.717) is 29.5 Å². The Labute approximate surface area is 250 Å². The van der Waals surface area contributed by atoms with Crippen molar-refractivity contribution in [3.63, 3.8) is 0 Å². The first-order chi connectivity index (χ1) is 19.9. The van der Waals surface area contributed by atoms with Gasteiger partial charge >= 0.3 is 12.1 Å². The Kier molecular flexibility index (Phi) is 8.73. The molecular formula is C34H48N2O6. The van der Waals surface area contributed by atoms with Gasteiger partial charge in [0.2, 0.25) is 5.91 Å². The number of Topliss-reactive ketones (excluding diaryl/α,β-unsaturated/α-hetero) is 1. The van der Waals surface area contributed by atoms with E-state index in [2.05, 4.69) is 24.5 Å². The minimum atomic E-state index is -0.696. The topological polar surface area (TPSA) is 111 Å². The van der Waals surface area contributed by atoms with Crippen LogP contribution in [-0.4, -0.2) is 42.4 Å². The Morgan fingerprint density at radius 2 is 1.57 bits per heavy atom. The molecule has 0 bridgehead atoms. The van der Waals surface area contributed by atoms with E-state index in [1.165, 1.54) is 19.3 Å². The van der Waals surface area contributed by atoms with Gasteiger partial charge in [-0.25, -0.2) is 4.79 Å². The van der Waals surface area contributed by atoms with Crippen LogP contribution in [0, 0.1) is 40.4 Å². The van der Waals surface area contributed by atoms with Crippen LogP contribution in [-0.2, 0) is 30.5 Å². The first-order valence-corrected chi connectivity index (χ1v) is 15.9. The Bertz CT molecular complexity index is 1190. The van der Waals surface area contributed by atoms with Crippen molar-refractivity contribution in [1.29, 1.82) is 0 Å². The molecule has 0 unspecified atom stereocenters. The number of alkyl carbamates (subject to hydrolysis) is 1. The second-order valence-electron chi connectivity index (χ2n) is 14.3. The summed E-state index contributed by atoms with van der Waals surface area (Å²) in [4.78, 5) is 49.3. The van der Waals surface area contributed by atoms with Crippen LogP contribution < -0.4 is 10.6 Å². The van der Waals surface area contributed by atoms with Crippen molar-refractivity contribution in [1.82, 2.24) is 10.6 Å². The lowest BCUT2D eigenvalue weighted by atomic mass is 9.44. The highest BCUT2D eigenvalue weighted by Crippen LogP contribution is 2.68. The van der Waals surface area contributed by atoms with Gasteiger partial charge in [-0.2, -0.15) is 0 Å². The third-order valence-electron chi connectivity index (χ3n) is 11.8. The Morgan fingerprint density at radius 1 is 0.833 bits per heavy atom. The third kappa shape index (κ3) is 6.09. The number of carbonyl (C=O) groups excluding carboxylic acids is 4. The summed E-state index contributed by atoms with van der Waals surface area (Å²) in [6.45, 7) is 8.29. The molecule has 0 spiro atoms. The molecule has 4 aliphatic carbocycles. The lowest BCUT2D eigenvalue weighted by Crippen LogP contribution is -2.56. The molecule has 0 saturated heterocycles. The molecule has 8 heteroatoms. The van der Waals surface area contributed by atoms with Crippen LogP contribution in [0.1, 0.15) is 91.0 Å². The normalized spacial score (nSPS) is 36.9. The van der Waals surface area contributed by atoms with Crippen LogP contribution in [0.3, 0.4) is 0 Å². The molecule has 1 aromatic rings. The van der Waals surface area contributed by atoms with Gasteiger partial charge in [-0.1, -0.05) is 44.2 Å². The second kappa shape index (κ2) is 12.0. The van der Waals surface area contributed by atoms with E-state index in [0.717, 1.165) is 44.1 Å². The maximum absolute atomic E-state index is 12.8. The number of ether oxygens (including phenoxy) is 2. The van der Waals surface area contributed by atoms with Crippen LogP contribution in [0.15, 0.2) is 30.3 Å². The maximum Gasteiger partial charge on any atom is 0.407 e. The van der Waals surface area contributed by atoms with Crippen molar-refractivity contribution in [2.24, 2.45) is 40.4 Å². The Hall–Kier alpha value is -2.90. The summed E-state index contributed by atoms with van der Waals surface area (Å²) in [5, 5.41) is 4.95. The summed E-state index contributed by atoms with van der Waals surface area (Å²) >= 11 is 0. The van der Waals surface area contributed by atoms with Crippen LogP contribution in [0.2, 0.25) is 0 Å². The van der Waals surface area contributed by atoms with Crippen LogP contribution in [0.25, 0.3) is 0 Å². The number of ketones is 1. The molecular weight excluding hydrogens is 532 g/mol. The molecule has 0 aliphatic heterocycles. The summed E-state index contributed by atoms with van der Waals surface area (Å²) in [5.74, 6) is 2.19. The van der Waals surface area contributed by atoms with Gasteiger partial charge in [0.15, 0.2) is 0 Å². The minimum absolute atomic E-state index is 0.112. The average molecular weight is 581 g/mol. The zero-order valence-corrected chi connectivity index (χ0v) is 25.7. The molecule has 2 N–H and O–H groups in total. The molecule has 8 nitrogen and oxygen atoms in total. The molecule has 4 aliphatic rings. The zero-order chi connectivity index (χ0) is 30.1. The van der Waals surface area contributed by atoms with E-state index in [1.54, 1.807) is 6.92 Å². The number of carbonyl (C=O) groups is 4. The number of benzene rings is 1. The molecule has 2 amide bonds. The average Bonchev–Trinajstić information content (AvgIpc) is 3.32. The number of rotatable bonds is 8. The number of fused-ring (bicyclic) bond motifs is 5. The van der Waals surface area contributed by atoms with E-state index in [4.69, 9.17) is 9.47 Å². The first-order valence-electron chi connectivity index (χ1n) is 15.9. The third-order valence-corrected chi connectivity index (χ3v) is 11.8. The lowest BCUT2D eigenvalue weighted by Gasteiger charge is -2.62. The molecule has 1 aromatic carbocycles. The summed E-state index contributed by atoms with van der Waals surface area (Å²) < 4.78 is 11.1. The largest absolute Gasteiger partial charge is 0.458 e. The van der Waals surface area contributed by atoms with Gasteiger partial charge in [0.25, 0.3) is 0 Å². The molecule has 5 rings (SSSR count). The van der Waals surface area contributed by atoms with Crippen molar-refractivity contribution in [3.05, 3.63) is 35.9 Å². The molecule has 8 atom stereocenters. The van der Waals surface area contributed by atoms with E-state index in [1.807, 2.05) is 37.3 Å². The fraction of sp³-hybridized carbons (Fsp3) is 0.706. The van der Waals surface area contributed by atoms with E-state index >= 15 is 0 Å². The summed E-state index contributed by atoms with van der Waals surface area (Å²) in [5.41, 5.74) is 0.702. The van der Waals surface area contributed by atoms with E-state index in [-0.39, 0.29) is 36.4 Å². The van der Waals surface area contributed by atoms with Crippen LogP contribution in [0.5, 0.6) is 0 Å². The lowest BCUT2D eigenvalue weighted by molar-refractivity contribution is -0.180. The number of hydrogen-bond acceptors (Lipinski definition) is 6. The fourth-order valence-electron chi connectivity index (χ4n) is 9.65. The van der Waals surface area contributed by atoms with Gasteiger partial charge in [-0.3, -0.25) is 14.4 Å². The van der Waals surface area contributed by atoms with Crippen molar-refractivity contribution in [3.8, 4) is 0 Å². The van der Waals surface area contributed by atoms with Gasteiger partial charge in [-0.05, 0) is 112 Å².